The van der Waals surface area contributed by atoms with Crippen molar-refractivity contribution in [1.82, 2.24) is 4.90 Å². The largest absolute Gasteiger partial charge is 0.336 e. The first-order valence-corrected chi connectivity index (χ1v) is 6.66. The molecule has 2 rings (SSSR count). The van der Waals surface area contributed by atoms with Gasteiger partial charge in [-0.25, -0.2) is 0 Å². The third-order valence-electron chi connectivity index (χ3n) is 3.33. The summed E-state index contributed by atoms with van der Waals surface area (Å²) < 4.78 is 0. The molecule has 2 atom stereocenters. The van der Waals surface area contributed by atoms with E-state index in [9.17, 15) is 9.59 Å². The van der Waals surface area contributed by atoms with Gasteiger partial charge in [-0.05, 0) is 24.5 Å². The third-order valence-corrected chi connectivity index (χ3v) is 3.66. The number of nitrogens with one attached hydrogen (secondary N) is 1. The number of anilines is 1. The summed E-state index contributed by atoms with van der Waals surface area (Å²) in [6.07, 6.45) is 0.926. The number of hydrogen-bond donors (Lipinski definition) is 1. The molecule has 0 bridgehead atoms. The Morgan fingerprint density at radius 2 is 2.05 bits per heavy atom. The summed E-state index contributed by atoms with van der Waals surface area (Å²) in [6, 6.07) is 7.02. The molecule has 1 fully saturated rings. The summed E-state index contributed by atoms with van der Waals surface area (Å²) in [5.41, 5.74) is 0.565. The predicted octanol–water partition coefficient (Wildman–Crippen LogP) is 2.39. The van der Waals surface area contributed by atoms with Crippen molar-refractivity contribution in [3.63, 3.8) is 0 Å². The van der Waals surface area contributed by atoms with E-state index in [1.54, 1.807) is 31.3 Å². The van der Waals surface area contributed by atoms with Crippen molar-refractivity contribution in [2.75, 3.05) is 18.9 Å². The second-order valence-electron chi connectivity index (χ2n) is 5.04. The Kier molecular flexibility index (Phi) is 4.10. The molecule has 5 heteroatoms. The Morgan fingerprint density at radius 1 is 1.42 bits per heavy atom. The molecule has 0 aliphatic heterocycles. The monoisotopic (exact) mass is 280 g/mol. The second kappa shape index (κ2) is 5.61. The minimum atomic E-state index is -0.239. The van der Waals surface area contributed by atoms with E-state index in [1.807, 2.05) is 6.92 Å². The minimum Gasteiger partial charge on any atom is -0.336 e. The lowest BCUT2D eigenvalue weighted by molar-refractivity contribution is -0.134. The van der Waals surface area contributed by atoms with Crippen LogP contribution in [-0.4, -0.2) is 30.3 Å². The first-order chi connectivity index (χ1) is 8.99. The summed E-state index contributed by atoms with van der Waals surface area (Å²) in [6.45, 7) is 2.09. The number of carbonyl (C=O) groups excluding carboxylic acids is 2. The molecule has 2 amide bonds. The Balaban J connectivity index is 1.87. The molecule has 1 aromatic rings. The van der Waals surface area contributed by atoms with Crippen LogP contribution in [0.5, 0.6) is 0 Å². The summed E-state index contributed by atoms with van der Waals surface area (Å²) in [4.78, 5) is 25.2. The molecule has 0 aromatic heterocycles. The standard InChI is InChI=1S/C14H17ClN2O2/c1-9-7-10(9)14(19)17(2)8-13(18)16-12-6-4-3-5-11(12)15/h3-6,9-10H,7-8H2,1-2H3,(H,16,18)/t9-,10+/m1/s1. The smallest absolute Gasteiger partial charge is 0.244 e. The van der Waals surface area contributed by atoms with E-state index < -0.39 is 0 Å². The van der Waals surface area contributed by atoms with Crippen molar-refractivity contribution >= 4 is 29.1 Å². The molecule has 19 heavy (non-hydrogen) atoms. The second-order valence-corrected chi connectivity index (χ2v) is 5.45. The average molecular weight is 281 g/mol. The lowest BCUT2D eigenvalue weighted by Gasteiger charge is -2.17. The zero-order valence-corrected chi connectivity index (χ0v) is 11.8. The molecular weight excluding hydrogens is 264 g/mol. The summed E-state index contributed by atoms with van der Waals surface area (Å²) in [5, 5.41) is 3.19. The van der Waals surface area contributed by atoms with Crippen molar-refractivity contribution in [3.05, 3.63) is 29.3 Å². The maximum Gasteiger partial charge on any atom is 0.244 e. The zero-order chi connectivity index (χ0) is 14.0. The van der Waals surface area contributed by atoms with Gasteiger partial charge < -0.3 is 10.2 Å². The number of benzene rings is 1. The molecule has 1 aromatic carbocycles. The molecular formula is C14H17ClN2O2. The van der Waals surface area contributed by atoms with Gasteiger partial charge in [0.05, 0.1) is 17.3 Å². The van der Waals surface area contributed by atoms with E-state index in [1.165, 1.54) is 4.90 Å². The van der Waals surface area contributed by atoms with Gasteiger partial charge in [-0.15, -0.1) is 0 Å². The number of carbonyl (C=O) groups is 2. The van der Waals surface area contributed by atoms with Crippen LogP contribution in [0.4, 0.5) is 5.69 Å². The van der Waals surface area contributed by atoms with Crippen LogP contribution in [0.25, 0.3) is 0 Å². The number of likely N-dealkylation sites (N-methyl/N-ethyl adjacent to an activating group) is 1. The topological polar surface area (TPSA) is 49.4 Å². The van der Waals surface area contributed by atoms with Crippen molar-refractivity contribution < 1.29 is 9.59 Å². The summed E-state index contributed by atoms with van der Waals surface area (Å²) in [5.74, 6) is 0.346. The highest BCUT2D eigenvalue weighted by atomic mass is 35.5. The quantitative estimate of drug-likeness (QED) is 0.921. The Labute approximate surface area is 117 Å². The van der Waals surface area contributed by atoms with Crippen LogP contribution in [0.1, 0.15) is 13.3 Å². The lowest BCUT2D eigenvalue weighted by Crippen LogP contribution is -2.36. The molecule has 1 saturated carbocycles. The number of halogens is 1. The molecule has 0 saturated heterocycles. The fourth-order valence-electron chi connectivity index (χ4n) is 1.99. The van der Waals surface area contributed by atoms with E-state index in [-0.39, 0.29) is 24.3 Å². The van der Waals surface area contributed by atoms with E-state index in [0.29, 0.717) is 16.6 Å². The van der Waals surface area contributed by atoms with Crippen LogP contribution in [0, 0.1) is 11.8 Å². The van der Waals surface area contributed by atoms with Gasteiger partial charge in [-0.1, -0.05) is 30.7 Å². The molecule has 1 aliphatic carbocycles. The van der Waals surface area contributed by atoms with E-state index >= 15 is 0 Å². The summed E-state index contributed by atoms with van der Waals surface area (Å²) in [7, 11) is 1.65. The molecule has 0 spiro atoms. The highest BCUT2D eigenvalue weighted by Crippen LogP contribution is 2.38. The zero-order valence-electron chi connectivity index (χ0n) is 11.0. The normalized spacial score (nSPS) is 20.8. The Morgan fingerprint density at radius 3 is 2.63 bits per heavy atom. The van der Waals surface area contributed by atoms with Crippen LogP contribution in [-0.2, 0) is 9.59 Å². The van der Waals surface area contributed by atoms with E-state index in [0.717, 1.165) is 6.42 Å². The van der Waals surface area contributed by atoms with Crippen LogP contribution < -0.4 is 5.32 Å². The lowest BCUT2D eigenvalue weighted by atomic mass is 10.3. The maximum atomic E-state index is 11.9. The van der Waals surface area contributed by atoms with Gasteiger partial charge in [0, 0.05) is 13.0 Å². The molecule has 1 aliphatic rings. The number of nitrogens with zero attached hydrogens (tertiary/aromatic N) is 1. The number of hydrogen-bond acceptors (Lipinski definition) is 2. The van der Waals surface area contributed by atoms with Crippen LogP contribution >= 0.6 is 11.6 Å². The molecule has 1 N–H and O–H groups in total. The average Bonchev–Trinajstić information content (AvgIpc) is 3.08. The van der Waals surface area contributed by atoms with Crippen molar-refractivity contribution in [3.8, 4) is 0 Å². The fourth-order valence-corrected chi connectivity index (χ4v) is 2.18. The first kappa shape index (κ1) is 13.9. The van der Waals surface area contributed by atoms with E-state index in [4.69, 9.17) is 11.6 Å². The molecule has 102 valence electrons. The highest BCUT2D eigenvalue weighted by Gasteiger charge is 2.40. The minimum absolute atomic E-state index is 0.0433. The van der Waals surface area contributed by atoms with Gasteiger partial charge in [0.2, 0.25) is 11.8 Å². The third kappa shape index (κ3) is 3.47. The van der Waals surface area contributed by atoms with Crippen molar-refractivity contribution in [2.45, 2.75) is 13.3 Å². The van der Waals surface area contributed by atoms with Gasteiger partial charge in [0.25, 0.3) is 0 Å². The molecule has 0 radical (unpaired) electrons. The van der Waals surface area contributed by atoms with Crippen LogP contribution in [0.15, 0.2) is 24.3 Å². The molecule has 0 heterocycles. The maximum absolute atomic E-state index is 11.9. The highest BCUT2D eigenvalue weighted by molar-refractivity contribution is 6.33. The van der Waals surface area contributed by atoms with Crippen LogP contribution in [0.3, 0.4) is 0 Å². The first-order valence-electron chi connectivity index (χ1n) is 6.28. The predicted molar refractivity (Wildman–Crippen MR) is 75.0 cm³/mol. The number of amides is 2. The van der Waals surface area contributed by atoms with Gasteiger partial charge in [-0.3, -0.25) is 9.59 Å². The van der Waals surface area contributed by atoms with Crippen molar-refractivity contribution in [2.24, 2.45) is 11.8 Å². The fraction of sp³-hybridized carbons (Fsp3) is 0.429. The SMILES string of the molecule is C[C@@H]1C[C@@H]1C(=O)N(C)CC(=O)Nc1ccccc1Cl. The van der Waals surface area contributed by atoms with Gasteiger partial charge in [-0.2, -0.15) is 0 Å². The Hall–Kier alpha value is -1.55. The summed E-state index contributed by atoms with van der Waals surface area (Å²) >= 11 is 5.95. The molecule has 4 nitrogen and oxygen atoms in total. The number of rotatable bonds is 4. The van der Waals surface area contributed by atoms with Gasteiger partial charge in [0.15, 0.2) is 0 Å². The van der Waals surface area contributed by atoms with Crippen LogP contribution in [0.2, 0.25) is 5.02 Å². The Bertz CT molecular complexity index is 504. The van der Waals surface area contributed by atoms with E-state index in [2.05, 4.69) is 5.32 Å². The van der Waals surface area contributed by atoms with Gasteiger partial charge in [0.1, 0.15) is 0 Å². The molecule has 0 unspecified atom stereocenters. The number of para-hydroxylation sites is 1. The van der Waals surface area contributed by atoms with Crippen molar-refractivity contribution in [1.29, 1.82) is 0 Å². The van der Waals surface area contributed by atoms with Gasteiger partial charge >= 0.3 is 0 Å².